The molecule has 0 unspecified atom stereocenters. The zero-order valence-corrected chi connectivity index (χ0v) is 9.13. The first-order chi connectivity index (χ1) is 6.68. The number of nitrogens with zero attached hydrogens (tertiary/aromatic N) is 1. The number of aryl methyl sites for hydroxylation is 2. The monoisotopic (exact) mass is 194 g/mol. The number of hydrogen-bond donors (Lipinski definition) is 1. The van der Waals surface area contributed by atoms with E-state index in [1.807, 2.05) is 13.8 Å². The summed E-state index contributed by atoms with van der Waals surface area (Å²) < 4.78 is 5.11. The topological polar surface area (TPSA) is 38.1 Å². The van der Waals surface area contributed by atoms with Gasteiger partial charge in [0.1, 0.15) is 5.76 Å². The van der Waals surface area contributed by atoms with Crippen LogP contribution in [0.4, 0.5) is 0 Å². The molecule has 2 rings (SSSR count). The van der Waals surface area contributed by atoms with Gasteiger partial charge in [-0.1, -0.05) is 5.16 Å². The highest BCUT2D eigenvalue weighted by Crippen LogP contribution is 2.32. The van der Waals surface area contributed by atoms with Gasteiger partial charge in [-0.05, 0) is 39.5 Å². The van der Waals surface area contributed by atoms with Gasteiger partial charge in [-0.25, -0.2) is 0 Å². The normalized spacial score (nSPS) is 18.5. The van der Waals surface area contributed by atoms with Gasteiger partial charge >= 0.3 is 0 Å². The Morgan fingerprint density at radius 3 is 2.71 bits per heavy atom. The Kier molecular flexibility index (Phi) is 2.59. The fourth-order valence-corrected chi connectivity index (χ4v) is 1.78. The average Bonchev–Trinajstić information content (AvgIpc) is 2.93. The summed E-state index contributed by atoms with van der Waals surface area (Å²) in [6.07, 6.45) is 2.77. The molecule has 0 aliphatic heterocycles. The molecule has 3 nitrogen and oxygen atoms in total. The van der Waals surface area contributed by atoms with Crippen molar-refractivity contribution in [2.24, 2.45) is 5.92 Å². The molecule has 1 fully saturated rings. The minimum absolute atomic E-state index is 0.628. The van der Waals surface area contributed by atoms with Gasteiger partial charge in [0.05, 0.1) is 5.69 Å². The molecule has 1 heterocycles. The Balaban J connectivity index is 1.90. The van der Waals surface area contributed by atoms with E-state index >= 15 is 0 Å². The summed E-state index contributed by atoms with van der Waals surface area (Å²) in [6.45, 7) is 7.11. The summed E-state index contributed by atoms with van der Waals surface area (Å²) in [5.41, 5.74) is 2.23. The van der Waals surface area contributed by atoms with Crippen molar-refractivity contribution in [2.45, 2.75) is 46.2 Å². The van der Waals surface area contributed by atoms with E-state index in [9.17, 15) is 0 Å². The molecular formula is C11H18N2O. The van der Waals surface area contributed by atoms with Gasteiger partial charge in [-0.2, -0.15) is 0 Å². The van der Waals surface area contributed by atoms with Crippen molar-refractivity contribution in [1.82, 2.24) is 10.5 Å². The molecule has 1 atom stereocenters. The van der Waals surface area contributed by atoms with Crippen LogP contribution in [0.25, 0.3) is 0 Å². The van der Waals surface area contributed by atoms with Gasteiger partial charge < -0.3 is 9.84 Å². The van der Waals surface area contributed by atoms with E-state index in [4.69, 9.17) is 4.52 Å². The van der Waals surface area contributed by atoms with Crippen LogP contribution in [-0.4, -0.2) is 11.2 Å². The van der Waals surface area contributed by atoms with Crippen molar-refractivity contribution in [3.05, 3.63) is 17.0 Å². The van der Waals surface area contributed by atoms with Crippen molar-refractivity contribution >= 4 is 0 Å². The number of rotatable bonds is 4. The summed E-state index contributed by atoms with van der Waals surface area (Å²) in [4.78, 5) is 0. The van der Waals surface area contributed by atoms with Crippen LogP contribution in [0.15, 0.2) is 4.52 Å². The SMILES string of the molecule is Cc1noc(C)c1CN[C@H](C)C1CC1. The van der Waals surface area contributed by atoms with Crippen LogP contribution in [0.5, 0.6) is 0 Å². The second kappa shape index (κ2) is 3.73. The highest BCUT2D eigenvalue weighted by Gasteiger charge is 2.27. The highest BCUT2D eigenvalue weighted by molar-refractivity contribution is 5.20. The Hall–Kier alpha value is -0.830. The van der Waals surface area contributed by atoms with Crippen LogP contribution >= 0.6 is 0 Å². The molecule has 78 valence electrons. The molecule has 1 aromatic rings. The largest absolute Gasteiger partial charge is 0.361 e. The molecule has 0 saturated heterocycles. The van der Waals surface area contributed by atoms with Crippen LogP contribution in [0.1, 0.15) is 36.8 Å². The molecular weight excluding hydrogens is 176 g/mol. The van der Waals surface area contributed by atoms with E-state index in [1.165, 1.54) is 18.4 Å². The Labute approximate surface area is 84.9 Å². The number of nitrogens with one attached hydrogen (secondary N) is 1. The summed E-state index contributed by atoms with van der Waals surface area (Å²) >= 11 is 0. The molecule has 1 aliphatic rings. The minimum atomic E-state index is 0.628. The van der Waals surface area contributed by atoms with E-state index in [2.05, 4.69) is 17.4 Å². The van der Waals surface area contributed by atoms with Gasteiger partial charge in [-0.15, -0.1) is 0 Å². The second-order valence-electron chi connectivity index (χ2n) is 4.31. The van der Waals surface area contributed by atoms with Gasteiger partial charge in [0, 0.05) is 18.2 Å². The number of hydrogen-bond acceptors (Lipinski definition) is 3. The van der Waals surface area contributed by atoms with E-state index in [1.54, 1.807) is 0 Å². The molecule has 0 bridgehead atoms. The Morgan fingerprint density at radius 1 is 1.50 bits per heavy atom. The lowest BCUT2D eigenvalue weighted by molar-refractivity contribution is 0.391. The molecule has 1 N–H and O–H groups in total. The van der Waals surface area contributed by atoms with Gasteiger partial charge in [0.15, 0.2) is 0 Å². The standard InChI is InChI=1S/C11H18N2O/c1-7(10-4-5-10)12-6-11-8(2)13-14-9(11)3/h7,10,12H,4-6H2,1-3H3/t7-/m1/s1. The predicted octanol–water partition coefficient (Wildman–Crippen LogP) is 2.18. The Bertz CT molecular complexity index is 296. The first-order valence-electron chi connectivity index (χ1n) is 5.33. The van der Waals surface area contributed by atoms with Crippen molar-refractivity contribution in [3.63, 3.8) is 0 Å². The third kappa shape index (κ3) is 1.98. The summed E-state index contributed by atoms with van der Waals surface area (Å²) in [5.74, 6) is 1.84. The van der Waals surface area contributed by atoms with Crippen LogP contribution < -0.4 is 5.32 Å². The van der Waals surface area contributed by atoms with E-state index < -0.39 is 0 Å². The molecule has 0 aromatic carbocycles. The van der Waals surface area contributed by atoms with Crippen molar-refractivity contribution in [1.29, 1.82) is 0 Å². The van der Waals surface area contributed by atoms with Crippen LogP contribution in [0.3, 0.4) is 0 Å². The molecule has 0 spiro atoms. The first-order valence-corrected chi connectivity index (χ1v) is 5.33. The van der Waals surface area contributed by atoms with Crippen LogP contribution in [-0.2, 0) is 6.54 Å². The van der Waals surface area contributed by atoms with Gasteiger partial charge in [0.25, 0.3) is 0 Å². The third-order valence-electron chi connectivity index (χ3n) is 3.11. The second-order valence-corrected chi connectivity index (χ2v) is 4.31. The summed E-state index contributed by atoms with van der Waals surface area (Å²) in [6, 6.07) is 0.628. The molecule has 0 radical (unpaired) electrons. The van der Waals surface area contributed by atoms with Crippen LogP contribution in [0, 0.1) is 19.8 Å². The fourth-order valence-electron chi connectivity index (χ4n) is 1.78. The molecule has 1 saturated carbocycles. The van der Waals surface area contributed by atoms with Gasteiger partial charge in [0.2, 0.25) is 0 Å². The molecule has 14 heavy (non-hydrogen) atoms. The van der Waals surface area contributed by atoms with Crippen molar-refractivity contribution < 1.29 is 4.52 Å². The average molecular weight is 194 g/mol. The molecule has 0 amide bonds. The maximum atomic E-state index is 5.11. The lowest BCUT2D eigenvalue weighted by Crippen LogP contribution is -2.27. The Morgan fingerprint density at radius 2 is 2.21 bits per heavy atom. The van der Waals surface area contributed by atoms with Crippen molar-refractivity contribution in [2.75, 3.05) is 0 Å². The summed E-state index contributed by atoms with van der Waals surface area (Å²) in [5, 5.41) is 7.47. The predicted molar refractivity (Wildman–Crippen MR) is 55.0 cm³/mol. The zero-order valence-electron chi connectivity index (χ0n) is 9.13. The molecule has 1 aliphatic carbocycles. The van der Waals surface area contributed by atoms with Gasteiger partial charge in [-0.3, -0.25) is 0 Å². The zero-order chi connectivity index (χ0) is 10.1. The van der Waals surface area contributed by atoms with E-state index in [0.29, 0.717) is 6.04 Å². The van der Waals surface area contributed by atoms with E-state index in [-0.39, 0.29) is 0 Å². The smallest absolute Gasteiger partial charge is 0.138 e. The highest BCUT2D eigenvalue weighted by atomic mass is 16.5. The lowest BCUT2D eigenvalue weighted by atomic mass is 10.1. The lowest BCUT2D eigenvalue weighted by Gasteiger charge is -2.11. The van der Waals surface area contributed by atoms with E-state index in [0.717, 1.165) is 23.9 Å². The van der Waals surface area contributed by atoms with Crippen molar-refractivity contribution in [3.8, 4) is 0 Å². The molecule has 1 aromatic heterocycles. The third-order valence-corrected chi connectivity index (χ3v) is 3.11. The molecule has 3 heteroatoms. The first kappa shape index (κ1) is 9.71. The fraction of sp³-hybridized carbons (Fsp3) is 0.727. The summed E-state index contributed by atoms with van der Waals surface area (Å²) in [7, 11) is 0. The number of aromatic nitrogens is 1. The quantitative estimate of drug-likeness (QED) is 0.798. The minimum Gasteiger partial charge on any atom is -0.361 e. The maximum absolute atomic E-state index is 5.11. The van der Waals surface area contributed by atoms with Crippen LogP contribution in [0.2, 0.25) is 0 Å². The maximum Gasteiger partial charge on any atom is 0.138 e.